The molecule has 0 unspecified atom stereocenters. The Balaban J connectivity index is 1.34. The topological polar surface area (TPSA) is 82.7 Å². The Morgan fingerprint density at radius 2 is 2.13 bits per heavy atom. The molecule has 1 atom stereocenters. The third-order valence-corrected chi connectivity index (χ3v) is 5.21. The van der Waals surface area contributed by atoms with Crippen LogP contribution in [0.4, 0.5) is 0 Å². The van der Waals surface area contributed by atoms with Crippen molar-refractivity contribution in [2.24, 2.45) is 0 Å². The molecule has 0 fully saturated rings. The number of fused-ring (bicyclic) bond motifs is 2. The van der Waals surface area contributed by atoms with E-state index in [4.69, 9.17) is 13.9 Å². The van der Waals surface area contributed by atoms with Gasteiger partial charge in [-0.3, -0.25) is 9.36 Å². The third-order valence-electron chi connectivity index (χ3n) is 5.21. The Morgan fingerprint density at radius 3 is 2.97 bits per heavy atom. The number of carbonyl (C=O) groups is 1. The van der Waals surface area contributed by atoms with Crippen LogP contribution >= 0.6 is 0 Å². The number of para-hydroxylation sites is 2. The zero-order chi connectivity index (χ0) is 21.1. The van der Waals surface area contributed by atoms with Gasteiger partial charge in [-0.15, -0.1) is 0 Å². The van der Waals surface area contributed by atoms with Crippen molar-refractivity contribution in [2.75, 3.05) is 6.61 Å². The zero-order valence-electron chi connectivity index (χ0n) is 17.3. The molecular formula is C23H26N2O5. The number of nitrogens with one attached hydrogen (secondary N) is 1. The van der Waals surface area contributed by atoms with E-state index in [2.05, 4.69) is 5.32 Å². The van der Waals surface area contributed by atoms with Crippen molar-refractivity contribution >= 4 is 17.0 Å². The number of hydrogen-bond donors (Lipinski definition) is 1. The molecule has 0 spiro atoms. The molecule has 30 heavy (non-hydrogen) atoms. The van der Waals surface area contributed by atoms with Crippen LogP contribution in [0.2, 0.25) is 0 Å². The summed E-state index contributed by atoms with van der Waals surface area (Å²) in [7, 11) is 0. The van der Waals surface area contributed by atoms with Crippen LogP contribution in [0.25, 0.3) is 11.1 Å². The van der Waals surface area contributed by atoms with Crippen LogP contribution in [-0.4, -0.2) is 23.2 Å². The van der Waals surface area contributed by atoms with Gasteiger partial charge in [-0.1, -0.05) is 12.1 Å². The summed E-state index contributed by atoms with van der Waals surface area (Å²) in [4.78, 5) is 24.4. The number of aryl methyl sites for hydroxylation is 1. The Morgan fingerprint density at radius 1 is 1.30 bits per heavy atom. The van der Waals surface area contributed by atoms with Gasteiger partial charge in [0, 0.05) is 37.1 Å². The van der Waals surface area contributed by atoms with E-state index in [1.54, 1.807) is 10.6 Å². The van der Waals surface area contributed by atoms with Crippen LogP contribution in [0.1, 0.15) is 37.8 Å². The normalized spacial score (nSPS) is 15.1. The van der Waals surface area contributed by atoms with Gasteiger partial charge in [0.2, 0.25) is 5.91 Å². The summed E-state index contributed by atoms with van der Waals surface area (Å²) in [6.45, 7) is 5.34. The molecule has 3 aromatic rings. The summed E-state index contributed by atoms with van der Waals surface area (Å²) >= 11 is 0. The molecule has 2 aromatic carbocycles. The van der Waals surface area contributed by atoms with Crippen molar-refractivity contribution < 1.29 is 18.7 Å². The number of aromatic nitrogens is 1. The zero-order valence-corrected chi connectivity index (χ0v) is 17.3. The highest BCUT2D eigenvalue weighted by Gasteiger charge is 2.22. The van der Waals surface area contributed by atoms with Gasteiger partial charge in [-0.05, 0) is 44.5 Å². The fourth-order valence-electron chi connectivity index (χ4n) is 3.82. The second kappa shape index (κ2) is 8.65. The monoisotopic (exact) mass is 410 g/mol. The number of carbonyl (C=O) groups excluding carboxylic acids is 1. The lowest BCUT2D eigenvalue weighted by Crippen LogP contribution is -2.24. The summed E-state index contributed by atoms with van der Waals surface area (Å²) < 4.78 is 18.4. The molecule has 0 aliphatic carbocycles. The van der Waals surface area contributed by atoms with Gasteiger partial charge in [0.15, 0.2) is 5.58 Å². The van der Waals surface area contributed by atoms with E-state index < -0.39 is 5.76 Å². The van der Waals surface area contributed by atoms with E-state index in [1.165, 1.54) is 0 Å². The van der Waals surface area contributed by atoms with Crippen molar-refractivity contribution in [2.45, 2.75) is 52.3 Å². The minimum Gasteiger partial charge on any atom is -0.494 e. The summed E-state index contributed by atoms with van der Waals surface area (Å²) in [5, 5.41) is 2.95. The predicted molar refractivity (Wildman–Crippen MR) is 113 cm³/mol. The molecular weight excluding hydrogens is 384 g/mol. The molecule has 0 saturated heterocycles. The Labute approximate surface area is 174 Å². The number of oxazole rings is 1. The van der Waals surface area contributed by atoms with E-state index in [0.29, 0.717) is 38.1 Å². The van der Waals surface area contributed by atoms with Gasteiger partial charge in [-0.25, -0.2) is 4.79 Å². The molecule has 1 aliphatic rings. The summed E-state index contributed by atoms with van der Waals surface area (Å²) in [5.41, 5.74) is 3.34. The summed E-state index contributed by atoms with van der Waals surface area (Å²) in [5.74, 6) is 1.17. The molecule has 7 heteroatoms. The first-order chi connectivity index (χ1) is 14.5. The highest BCUT2D eigenvalue weighted by Crippen LogP contribution is 2.35. The number of rotatable bonds is 8. The average Bonchev–Trinajstić information content (AvgIpc) is 3.24. The van der Waals surface area contributed by atoms with Crippen molar-refractivity contribution in [3.63, 3.8) is 0 Å². The lowest BCUT2D eigenvalue weighted by molar-refractivity contribution is -0.121. The van der Waals surface area contributed by atoms with Gasteiger partial charge < -0.3 is 19.2 Å². The maximum absolute atomic E-state index is 12.4. The largest absolute Gasteiger partial charge is 0.494 e. The first-order valence-electron chi connectivity index (χ1n) is 10.4. The van der Waals surface area contributed by atoms with E-state index in [-0.39, 0.29) is 12.0 Å². The van der Waals surface area contributed by atoms with Crippen LogP contribution in [0.5, 0.6) is 11.5 Å². The minimum atomic E-state index is -0.398. The van der Waals surface area contributed by atoms with Gasteiger partial charge >= 0.3 is 5.76 Å². The van der Waals surface area contributed by atoms with E-state index >= 15 is 0 Å². The Kier molecular flexibility index (Phi) is 5.79. The Bertz CT molecular complexity index is 1110. The molecule has 158 valence electrons. The lowest BCUT2D eigenvalue weighted by atomic mass is 10.1. The molecule has 0 radical (unpaired) electrons. The van der Waals surface area contributed by atoms with Crippen molar-refractivity contribution in [3.05, 3.63) is 58.1 Å². The maximum Gasteiger partial charge on any atom is 0.419 e. The smallest absolute Gasteiger partial charge is 0.419 e. The summed E-state index contributed by atoms with van der Waals surface area (Å²) in [6.07, 6.45) is 1.87. The minimum absolute atomic E-state index is 0.0758. The van der Waals surface area contributed by atoms with Gasteiger partial charge in [0.1, 0.15) is 17.6 Å². The number of ether oxygens (including phenoxy) is 2. The van der Waals surface area contributed by atoms with Crippen molar-refractivity contribution in [3.8, 4) is 11.5 Å². The molecule has 1 amide bonds. The highest BCUT2D eigenvalue weighted by atomic mass is 16.5. The van der Waals surface area contributed by atoms with Crippen LogP contribution < -0.4 is 20.5 Å². The molecule has 1 N–H and O–H groups in total. The predicted octanol–water partition coefficient (Wildman–Crippen LogP) is 3.41. The van der Waals surface area contributed by atoms with Crippen molar-refractivity contribution in [1.29, 1.82) is 0 Å². The SMILES string of the molecule is CCOc1cc2c(cc1CNC(=O)CCCn1c(=O)oc3ccccc31)O[C@H](C)C2. The number of nitrogens with zero attached hydrogens (tertiary/aromatic N) is 1. The Hall–Kier alpha value is -3.22. The molecule has 1 aliphatic heterocycles. The van der Waals surface area contributed by atoms with Crippen LogP contribution in [0, 0.1) is 0 Å². The van der Waals surface area contributed by atoms with Gasteiger partial charge in [-0.2, -0.15) is 0 Å². The number of hydrogen-bond acceptors (Lipinski definition) is 5. The number of amides is 1. The third kappa shape index (κ3) is 4.20. The highest BCUT2D eigenvalue weighted by molar-refractivity contribution is 5.76. The quantitative estimate of drug-likeness (QED) is 0.615. The standard InChI is InChI=1S/C23H26N2O5/c1-3-28-20-12-16-11-15(2)29-21(16)13-17(20)14-24-22(26)9-6-10-25-18-7-4-5-8-19(18)30-23(25)27/h4-5,7-8,12-13,15H,3,6,9-11,14H2,1-2H3,(H,24,26)/t15-/m1/s1. The molecule has 0 bridgehead atoms. The fraction of sp³-hybridized carbons (Fsp3) is 0.391. The lowest BCUT2D eigenvalue weighted by Gasteiger charge is -2.13. The van der Waals surface area contributed by atoms with E-state index in [9.17, 15) is 9.59 Å². The van der Waals surface area contributed by atoms with Crippen LogP contribution in [0.15, 0.2) is 45.6 Å². The second-order valence-electron chi connectivity index (χ2n) is 7.50. The molecule has 2 heterocycles. The summed E-state index contributed by atoms with van der Waals surface area (Å²) in [6, 6.07) is 11.3. The fourth-order valence-corrected chi connectivity index (χ4v) is 3.82. The van der Waals surface area contributed by atoms with E-state index in [1.807, 2.05) is 44.2 Å². The second-order valence-corrected chi connectivity index (χ2v) is 7.50. The van der Waals surface area contributed by atoms with Crippen molar-refractivity contribution in [1.82, 2.24) is 9.88 Å². The van der Waals surface area contributed by atoms with Crippen LogP contribution in [-0.2, 0) is 24.3 Å². The molecule has 1 aromatic heterocycles. The maximum atomic E-state index is 12.4. The first-order valence-corrected chi connectivity index (χ1v) is 10.4. The molecule has 7 nitrogen and oxygen atoms in total. The van der Waals surface area contributed by atoms with Gasteiger partial charge in [0.05, 0.1) is 12.1 Å². The molecule has 0 saturated carbocycles. The van der Waals surface area contributed by atoms with Crippen LogP contribution in [0.3, 0.4) is 0 Å². The average molecular weight is 410 g/mol. The molecule has 4 rings (SSSR count). The van der Waals surface area contributed by atoms with E-state index in [0.717, 1.165) is 34.6 Å². The van der Waals surface area contributed by atoms with Gasteiger partial charge in [0.25, 0.3) is 0 Å². The number of benzene rings is 2. The first kappa shape index (κ1) is 20.1.